The van der Waals surface area contributed by atoms with Crippen molar-refractivity contribution in [3.8, 4) is 5.75 Å². The summed E-state index contributed by atoms with van der Waals surface area (Å²) >= 11 is 0. The Balaban J connectivity index is 1.40. The quantitative estimate of drug-likeness (QED) is 0.767. The van der Waals surface area contributed by atoms with Crippen LogP contribution >= 0.6 is 0 Å². The van der Waals surface area contributed by atoms with E-state index >= 15 is 0 Å². The minimum absolute atomic E-state index is 0.706. The maximum atomic E-state index is 5.79. The first-order valence-corrected chi connectivity index (χ1v) is 9.09. The summed E-state index contributed by atoms with van der Waals surface area (Å²) < 4.78 is 5.79. The van der Waals surface area contributed by atoms with Gasteiger partial charge in [0.15, 0.2) is 0 Å². The van der Waals surface area contributed by atoms with Gasteiger partial charge in [-0.2, -0.15) is 0 Å². The predicted molar refractivity (Wildman–Crippen MR) is 103 cm³/mol. The highest BCUT2D eigenvalue weighted by Crippen LogP contribution is 2.29. The van der Waals surface area contributed by atoms with Crippen molar-refractivity contribution >= 4 is 16.6 Å². The highest BCUT2D eigenvalue weighted by atomic mass is 16.5. The number of anilines is 1. The summed E-state index contributed by atoms with van der Waals surface area (Å²) in [6.45, 7) is 7.92. The second kappa shape index (κ2) is 7.19. The summed E-state index contributed by atoms with van der Waals surface area (Å²) in [5, 5.41) is 1.29. The minimum atomic E-state index is 0.706. The monoisotopic (exact) mass is 335 g/mol. The molecule has 0 spiro atoms. The van der Waals surface area contributed by atoms with Crippen LogP contribution in [0.3, 0.4) is 0 Å². The zero-order valence-electron chi connectivity index (χ0n) is 14.7. The molecule has 2 aromatic carbocycles. The number of H-pyrrole nitrogens is 1. The van der Waals surface area contributed by atoms with Crippen molar-refractivity contribution in [2.24, 2.45) is 0 Å². The molecule has 4 rings (SSSR count). The van der Waals surface area contributed by atoms with E-state index in [0.717, 1.165) is 38.5 Å². The van der Waals surface area contributed by atoms with Gasteiger partial charge < -0.3 is 14.6 Å². The van der Waals surface area contributed by atoms with Crippen molar-refractivity contribution < 1.29 is 4.74 Å². The van der Waals surface area contributed by atoms with E-state index in [2.05, 4.69) is 63.3 Å². The Morgan fingerprint density at radius 1 is 0.960 bits per heavy atom. The molecule has 130 valence electrons. The van der Waals surface area contributed by atoms with E-state index in [0.29, 0.717) is 6.61 Å². The normalized spacial score (nSPS) is 15.6. The van der Waals surface area contributed by atoms with Gasteiger partial charge >= 0.3 is 0 Å². The second-order valence-corrected chi connectivity index (χ2v) is 6.55. The van der Waals surface area contributed by atoms with Crippen molar-refractivity contribution in [3.05, 3.63) is 60.3 Å². The number of rotatable bonds is 5. The molecule has 1 fully saturated rings. The van der Waals surface area contributed by atoms with E-state index in [9.17, 15) is 0 Å². The molecule has 0 unspecified atom stereocenters. The minimum Gasteiger partial charge on any atom is -0.492 e. The summed E-state index contributed by atoms with van der Waals surface area (Å²) in [7, 11) is 0. The molecule has 4 heteroatoms. The van der Waals surface area contributed by atoms with Crippen LogP contribution in [0.2, 0.25) is 0 Å². The number of aromatic nitrogens is 1. The molecule has 0 radical (unpaired) electrons. The van der Waals surface area contributed by atoms with Gasteiger partial charge in [0, 0.05) is 43.9 Å². The number of aromatic amines is 1. The fourth-order valence-corrected chi connectivity index (χ4v) is 3.60. The summed E-state index contributed by atoms with van der Waals surface area (Å²) in [5.74, 6) is 0.995. The molecule has 3 aromatic rings. The molecular weight excluding hydrogens is 310 g/mol. The number of hydrogen-bond acceptors (Lipinski definition) is 3. The van der Waals surface area contributed by atoms with Crippen molar-refractivity contribution in [3.63, 3.8) is 0 Å². The summed E-state index contributed by atoms with van der Waals surface area (Å²) in [6.07, 6.45) is 0. The van der Waals surface area contributed by atoms with E-state index in [-0.39, 0.29) is 0 Å². The van der Waals surface area contributed by atoms with Crippen LogP contribution in [0.4, 0.5) is 5.69 Å². The maximum absolute atomic E-state index is 5.79. The molecule has 0 aliphatic carbocycles. The van der Waals surface area contributed by atoms with Crippen LogP contribution in [0.5, 0.6) is 5.75 Å². The van der Waals surface area contributed by atoms with E-state index in [1.165, 1.54) is 22.3 Å². The van der Waals surface area contributed by atoms with Crippen LogP contribution in [0.1, 0.15) is 12.6 Å². The molecule has 0 saturated carbocycles. The van der Waals surface area contributed by atoms with E-state index in [4.69, 9.17) is 4.74 Å². The number of piperazine rings is 1. The lowest BCUT2D eigenvalue weighted by atomic mass is 10.2. The second-order valence-electron chi connectivity index (χ2n) is 6.55. The fourth-order valence-electron chi connectivity index (χ4n) is 3.60. The Bertz CT molecular complexity index is 801. The van der Waals surface area contributed by atoms with E-state index < -0.39 is 0 Å². The zero-order valence-corrected chi connectivity index (χ0v) is 14.7. The van der Waals surface area contributed by atoms with Gasteiger partial charge in [-0.3, -0.25) is 4.90 Å². The molecule has 1 N–H and O–H groups in total. The largest absolute Gasteiger partial charge is 0.492 e. The van der Waals surface area contributed by atoms with E-state index in [1.54, 1.807) is 0 Å². The SMILES string of the molecule is CCOc1ccccc1N1CCN(Cc2cc3ccccc3[nH]2)CC1. The standard InChI is InChI=1S/C21H25N3O/c1-2-25-21-10-6-5-9-20(21)24-13-11-23(12-14-24)16-18-15-17-7-3-4-8-19(17)22-18/h3-10,15,22H,2,11-14,16H2,1H3. The van der Waals surface area contributed by atoms with Gasteiger partial charge in [-0.05, 0) is 36.6 Å². The number of nitrogens with one attached hydrogen (secondary N) is 1. The molecule has 0 amide bonds. The van der Waals surface area contributed by atoms with Crippen LogP contribution < -0.4 is 9.64 Å². The number of fused-ring (bicyclic) bond motifs is 1. The third-order valence-electron chi connectivity index (χ3n) is 4.86. The smallest absolute Gasteiger partial charge is 0.142 e. The van der Waals surface area contributed by atoms with Gasteiger partial charge in [0.1, 0.15) is 5.75 Å². The number of hydrogen-bond donors (Lipinski definition) is 1. The van der Waals surface area contributed by atoms with Crippen LogP contribution in [-0.2, 0) is 6.54 Å². The number of para-hydroxylation sites is 3. The van der Waals surface area contributed by atoms with Gasteiger partial charge in [-0.25, -0.2) is 0 Å². The van der Waals surface area contributed by atoms with Gasteiger partial charge in [-0.15, -0.1) is 0 Å². The fraction of sp³-hybridized carbons (Fsp3) is 0.333. The molecule has 1 aliphatic heterocycles. The molecule has 0 atom stereocenters. The van der Waals surface area contributed by atoms with Gasteiger partial charge in [0.2, 0.25) is 0 Å². The van der Waals surface area contributed by atoms with E-state index in [1.807, 2.05) is 13.0 Å². The lowest BCUT2D eigenvalue weighted by Gasteiger charge is -2.36. The Labute approximate surface area is 149 Å². The van der Waals surface area contributed by atoms with Crippen molar-refractivity contribution in [1.82, 2.24) is 9.88 Å². The Morgan fingerprint density at radius 3 is 2.52 bits per heavy atom. The molecular formula is C21H25N3O. The van der Waals surface area contributed by atoms with Gasteiger partial charge in [-0.1, -0.05) is 30.3 Å². The molecule has 1 aromatic heterocycles. The van der Waals surface area contributed by atoms with Crippen molar-refractivity contribution in [2.45, 2.75) is 13.5 Å². The van der Waals surface area contributed by atoms with Crippen LogP contribution in [0.15, 0.2) is 54.6 Å². The summed E-state index contributed by atoms with van der Waals surface area (Å²) in [6, 6.07) is 19.1. The van der Waals surface area contributed by atoms with Crippen molar-refractivity contribution in [2.75, 3.05) is 37.7 Å². The summed E-state index contributed by atoms with van der Waals surface area (Å²) in [5.41, 5.74) is 3.74. The number of nitrogens with zero attached hydrogens (tertiary/aromatic N) is 2. The average Bonchev–Trinajstić information content (AvgIpc) is 3.05. The molecule has 0 bridgehead atoms. The highest BCUT2D eigenvalue weighted by molar-refractivity contribution is 5.80. The lowest BCUT2D eigenvalue weighted by Crippen LogP contribution is -2.46. The average molecular weight is 335 g/mol. The molecule has 2 heterocycles. The third kappa shape index (κ3) is 3.49. The molecule has 4 nitrogen and oxygen atoms in total. The summed E-state index contributed by atoms with van der Waals surface area (Å²) in [4.78, 5) is 8.49. The highest BCUT2D eigenvalue weighted by Gasteiger charge is 2.20. The van der Waals surface area contributed by atoms with Crippen LogP contribution in [0.25, 0.3) is 10.9 Å². The Hall–Kier alpha value is -2.46. The first-order valence-electron chi connectivity index (χ1n) is 9.09. The first-order chi connectivity index (χ1) is 12.3. The maximum Gasteiger partial charge on any atom is 0.142 e. The molecule has 1 saturated heterocycles. The van der Waals surface area contributed by atoms with Gasteiger partial charge in [0.05, 0.1) is 12.3 Å². The van der Waals surface area contributed by atoms with Crippen molar-refractivity contribution in [1.29, 1.82) is 0 Å². The number of ether oxygens (including phenoxy) is 1. The predicted octanol–water partition coefficient (Wildman–Crippen LogP) is 3.89. The topological polar surface area (TPSA) is 31.5 Å². The number of benzene rings is 2. The molecule has 1 aliphatic rings. The third-order valence-corrected chi connectivity index (χ3v) is 4.86. The van der Waals surface area contributed by atoms with Crippen LogP contribution in [-0.4, -0.2) is 42.7 Å². The first kappa shape index (κ1) is 16.0. The Kier molecular flexibility index (Phi) is 4.61. The van der Waals surface area contributed by atoms with Gasteiger partial charge in [0.25, 0.3) is 0 Å². The van der Waals surface area contributed by atoms with Crippen LogP contribution in [0, 0.1) is 0 Å². The Morgan fingerprint density at radius 2 is 1.72 bits per heavy atom. The zero-order chi connectivity index (χ0) is 17.1. The lowest BCUT2D eigenvalue weighted by molar-refractivity contribution is 0.246. The molecule has 25 heavy (non-hydrogen) atoms.